The van der Waals surface area contributed by atoms with Crippen LogP contribution in [-0.4, -0.2) is 65.1 Å². The zero-order valence-electron chi connectivity index (χ0n) is 31.2. The Labute approximate surface area is 336 Å². The van der Waals surface area contributed by atoms with Crippen molar-refractivity contribution in [2.45, 2.75) is 45.4 Å². The van der Waals surface area contributed by atoms with Crippen LogP contribution in [0.1, 0.15) is 57.3 Å². The number of ketones is 1. The highest BCUT2D eigenvalue weighted by Gasteiger charge is 2.22. The topological polar surface area (TPSA) is 144 Å². The van der Waals surface area contributed by atoms with E-state index in [1.54, 1.807) is 49.4 Å². The van der Waals surface area contributed by atoms with Crippen molar-refractivity contribution in [3.63, 3.8) is 0 Å². The quantitative estimate of drug-likeness (QED) is 0.0841. The Hall–Kier alpha value is -5.40. The van der Waals surface area contributed by atoms with Gasteiger partial charge in [0.05, 0.1) is 54.8 Å². The van der Waals surface area contributed by atoms with Gasteiger partial charge in [-0.25, -0.2) is 9.69 Å². The van der Waals surface area contributed by atoms with E-state index in [-0.39, 0.29) is 37.9 Å². The van der Waals surface area contributed by atoms with Crippen molar-refractivity contribution in [3.8, 4) is 11.5 Å². The highest BCUT2D eigenvalue weighted by Crippen LogP contribution is 2.34. The molecule has 0 unspecified atom stereocenters. The molecule has 0 saturated carbocycles. The zero-order chi connectivity index (χ0) is 40.5. The predicted molar refractivity (Wildman–Crippen MR) is 216 cm³/mol. The molecule has 6 rings (SSSR count). The maximum Gasteiger partial charge on any atom is 0.247 e. The van der Waals surface area contributed by atoms with Crippen LogP contribution in [0.5, 0.6) is 0 Å². The third-order valence-corrected chi connectivity index (χ3v) is 10.1. The van der Waals surface area contributed by atoms with Gasteiger partial charge in [-0.2, -0.15) is 0 Å². The number of nitrogens with one attached hydrogen (secondary N) is 1. The summed E-state index contributed by atoms with van der Waals surface area (Å²) in [6.07, 6.45) is 3.32. The van der Waals surface area contributed by atoms with Crippen molar-refractivity contribution in [2.75, 3.05) is 33.0 Å². The van der Waals surface area contributed by atoms with Gasteiger partial charge in [-0.3, -0.25) is 9.59 Å². The lowest BCUT2D eigenvalue weighted by Gasteiger charge is -2.16. The van der Waals surface area contributed by atoms with Gasteiger partial charge in [-0.1, -0.05) is 96.0 Å². The molecule has 11 nitrogen and oxygen atoms in total. The molecular weight excluding hydrogens is 753 g/mol. The number of benzene rings is 4. The molecule has 5 aromatic rings. The van der Waals surface area contributed by atoms with Crippen LogP contribution in [-0.2, 0) is 22.4 Å². The molecule has 0 radical (unpaired) electrons. The first-order valence-corrected chi connectivity index (χ1v) is 18.7. The van der Waals surface area contributed by atoms with E-state index in [1.807, 2.05) is 49.4 Å². The fraction of sp³-hybridized carbons (Fsp3) is 0.302. The summed E-state index contributed by atoms with van der Waals surface area (Å²) in [5, 5.41) is 30.9. The number of hydrogen-bond acceptors (Lipinski definition) is 8. The number of carbonyl (C=O) groups is 2. The number of aliphatic hydroxyl groups excluding tert-OH is 2. The third kappa shape index (κ3) is 12.0. The minimum Gasteiger partial charge on any atom is -0.420 e. The van der Waals surface area contributed by atoms with E-state index in [0.717, 1.165) is 35.5 Å². The van der Waals surface area contributed by atoms with Crippen LogP contribution < -0.4 is 5.32 Å². The summed E-state index contributed by atoms with van der Waals surface area (Å²) in [4.78, 5) is 31.1. The number of nitrogens with zero attached hydrogens (tertiary/aromatic N) is 4. The molecule has 1 amide bonds. The van der Waals surface area contributed by atoms with Crippen LogP contribution >= 0.6 is 23.2 Å². The number of ether oxygens (including phenoxy) is 1. The minimum absolute atomic E-state index is 0.127. The first-order valence-electron chi connectivity index (χ1n) is 18.0. The molecule has 3 N–H and O–H groups in total. The number of aromatic nitrogens is 2. The normalized spacial score (nSPS) is 12.8. The number of carbonyl (C=O) groups excluding carboxylic acids is 2. The van der Waals surface area contributed by atoms with Gasteiger partial charge >= 0.3 is 0 Å². The number of hydrogen-bond donors (Lipinski definition) is 3. The van der Waals surface area contributed by atoms with E-state index < -0.39 is 11.8 Å². The van der Waals surface area contributed by atoms with E-state index in [9.17, 15) is 19.8 Å². The molecule has 4 aromatic carbocycles. The molecule has 290 valence electrons. The molecule has 1 fully saturated rings. The van der Waals surface area contributed by atoms with Crippen molar-refractivity contribution in [1.29, 1.82) is 0 Å². The maximum absolute atomic E-state index is 12.3. The van der Waals surface area contributed by atoms with Crippen LogP contribution in [0.4, 0.5) is 11.4 Å². The maximum atomic E-state index is 12.3. The molecule has 2 heterocycles. The van der Waals surface area contributed by atoms with Crippen molar-refractivity contribution >= 4 is 46.3 Å². The summed E-state index contributed by atoms with van der Waals surface area (Å²) in [6.45, 7) is 19.2. The second kappa shape index (κ2) is 22.2. The largest absolute Gasteiger partial charge is 0.420 e. The molecule has 2 atom stereocenters. The Morgan fingerprint density at radius 3 is 1.84 bits per heavy atom. The molecule has 0 spiro atoms. The second-order valence-corrected chi connectivity index (χ2v) is 13.7. The smallest absolute Gasteiger partial charge is 0.247 e. The van der Waals surface area contributed by atoms with Gasteiger partial charge in [-0.15, -0.1) is 10.2 Å². The lowest BCUT2D eigenvalue weighted by Crippen LogP contribution is -2.37. The van der Waals surface area contributed by atoms with E-state index in [2.05, 4.69) is 25.2 Å². The van der Waals surface area contributed by atoms with Crippen LogP contribution in [0.3, 0.4) is 0 Å². The third-order valence-electron chi connectivity index (χ3n) is 9.10. The molecule has 13 heteroatoms. The number of rotatable bonds is 12. The van der Waals surface area contributed by atoms with Gasteiger partial charge in [0.25, 0.3) is 0 Å². The van der Waals surface area contributed by atoms with Crippen LogP contribution in [0, 0.1) is 32.9 Å². The first-order chi connectivity index (χ1) is 27.1. The van der Waals surface area contributed by atoms with Crippen LogP contribution in [0.2, 0.25) is 10.0 Å². The average Bonchev–Trinajstić information content (AvgIpc) is 3.99. The molecule has 1 aromatic heterocycles. The lowest BCUT2D eigenvalue weighted by molar-refractivity contribution is -0.126. The summed E-state index contributed by atoms with van der Waals surface area (Å²) in [7, 11) is 0. The Balaban J connectivity index is 0.000000221. The SMILES string of the molecule is C1CCOC1.[C-]#[N+]c1ccc(C[C@H](CO)C(=O)NCC(=O)c2ccccc2)c(C)c1Cl.[C-]#[N+]c1ccc(C[C@H](CO)c2nnc(-c3ccccc3)o2)c(C)c1Cl. The fourth-order valence-electron chi connectivity index (χ4n) is 5.68. The average molecular weight is 797 g/mol. The van der Waals surface area contributed by atoms with Crippen molar-refractivity contribution in [1.82, 2.24) is 15.5 Å². The standard InChI is InChI=1S/C20H19ClN2O3.C19H16ClN3O2.C4H8O/c1-13-15(8-9-17(22-2)19(13)21)10-16(12-24)20(26)23-11-18(25)14-6-4-3-5-7-14;1-12-14(8-9-16(21-2)17(12)20)10-15(11-24)19-23-22-18(25-19)13-6-4-3-5-7-13;1-2-4-5-3-1/h3-9,16,24H,10-12H2,1H3,(H,23,26);3-9,15,24H,10-11H2,1H3;1-4H2/t16-;15-;/m11./s1. The summed E-state index contributed by atoms with van der Waals surface area (Å²) in [5.41, 5.74) is 5.40. The summed E-state index contributed by atoms with van der Waals surface area (Å²) >= 11 is 12.4. The molecule has 56 heavy (non-hydrogen) atoms. The number of halogens is 2. The van der Waals surface area contributed by atoms with Gasteiger partial charge in [-0.05, 0) is 73.9 Å². The molecular formula is C43H43Cl2N5O6. The Morgan fingerprint density at radius 1 is 0.786 bits per heavy atom. The van der Waals surface area contributed by atoms with Gasteiger partial charge < -0.3 is 24.7 Å². The van der Waals surface area contributed by atoms with Crippen molar-refractivity contribution in [2.24, 2.45) is 5.92 Å². The molecule has 0 bridgehead atoms. The number of aliphatic hydroxyl groups is 2. The summed E-state index contributed by atoms with van der Waals surface area (Å²) in [6, 6.07) is 25.0. The molecule has 1 aliphatic rings. The number of amides is 1. The number of Topliss-reactive ketones (excluding diaryl/α,β-unsaturated/α-hetero) is 1. The van der Waals surface area contributed by atoms with E-state index >= 15 is 0 Å². The molecule has 1 aliphatic heterocycles. The second-order valence-electron chi connectivity index (χ2n) is 12.9. The minimum atomic E-state index is -0.702. The predicted octanol–water partition coefficient (Wildman–Crippen LogP) is 8.71. The molecule has 1 saturated heterocycles. The Kier molecular flexibility index (Phi) is 17.2. The van der Waals surface area contributed by atoms with Gasteiger partial charge in [0.2, 0.25) is 29.1 Å². The van der Waals surface area contributed by atoms with Crippen molar-refractivity contribution < 1.29 is 29.0 Å². The Bertz CT molecular complexity index is 2140. The van der Waals surface area contributed by atoms with Gasteiger partial charge in [0.1, 0.15) is 0 Å². The van der Waals surface area contributed by atoms with Crippen molar-refractivity contribution in [3.05, 3.63) is 152 Å². The summed E-state index contributed by atoms with van der Waals surface area (Å²) in [5.74, 6) is -0.832. The lowest BCUT2D eigenvalue weighted by atomic mass is 9.95. The van der Waals surface area contributed by atoms with Gasteiger partial charge in [0, 0.05) is 24.3 Å². The zero-order valence-corrected chi connectivity index (χ0v) is 32.7. The fourth-order valence-corrected chi connectivity index (χ4v) is 6.14. The Morgan fingerprint density at radius 2 is 1.34 bits per heavy atom. The summed E-state index contributed by atoms with van der Waals surface area (Å²) < 4.78 is 10.7. The van der Waals surface area contributed by atoms with E-state index in [4.69, 9.17) is 45.5 Å². The highest BCUT2D eigenvalue weighted by atomic mass is 35.5. The van der Waals surface area contributed by atoms with Crippen LogP contribution in [0.25, 0.3) is 21.1 Å². The van der Waals surface area contributed by atoms with Crippen LogP contribution in [0.15, 0.2) is 89.3 Å². The molecule has 0 aliphatic carbocycles. The van der Waals surface area contributed by atoms with E-state index in [0.29, 0.717) is 50.7 Å². The highest BCUT2D eigenvalue weighted by molar-refractivity contribution is 6.34. The van der Waals surface area contributed by atoms with E-state index in [1.165, 1.54) is 12.8 Å². The first kappa shape index (κ1) is 43.3. The van der Waals surface area contributed by atoms with Gasteiger partial charge in [0.15, 0.2) is 5.78 Å². The monoisotopic (exact) mass is 795 g/mol.